The first kappa shape index (κ1) is 11.3. The Kier molecular flexibility index (Phi) is 5.83. The lowest BCUT2D eigenvalue weighted by Crippen LogP contribution is -2.44. The highest BCUT2D eigenvalue weighted by atomic mass is 32.2. The first-order valence-electron chi connectivity index (χ1n) is 5.31. The van der Waals surface area contributed by atoms with Crippen LogP contribution in [-0.2, 0) is 0 Å². The Morgan fingerprint density at radius 2 is 1.85 bits per heavy atom. The largest absolute Gasteiger partial charge is 0.304 e. The molecule has 0 radical (unpaired) electrons. The fourth-order valence-electron chi connectivity index (χ4n) is 1.42. The number of thioether (sulfide) groups is 1. The molecule has 0 bridgehead atoms. The number of rotatable bonds is 5. The zero-order valence-corrected chi connectivity index (χ0v) is 9.78. The van der Waals surface area contributed by atoms with Crippen LogP contribution in [0.1, 0.15) is 19.8 Å². The van der Waals surface area contributed by atoms with E-state index in [1.165, 1.54) is 50.7 Å². The van der Waals surface area contributed by atoms with Crippen LogP contribution in [0.3, 0.4) is 0 Å². The highest BCUT2D eigenvalue weighted by Crippen LogP contribution is 2.09. The number of hydrogen-bond donors (Lipinski definition) is 0. The summed E-state index contributed by atoms with van der Waals surface area (Å²) >= 11 is 2.09. The van der Waals surface area contributed by atoms with Gasteiger partial charge in [0.05, 0.1) is 0 Å². The minimum absolute atomic E-state index is 1.24. The van der Waals surface area contributed by atoms with E-state index in [2.05, 4.69) is 35.5 Å². The van der Waals surface area contributed by atoms with Gasteiger partial charge in [0.2, 0.25) is 0 Å². The highest BCUT2D eigenvalue weighted by Gasteiger charge is 2.12. The third-order valence-electron chi connectivity index (χ3n) is 2.51. The van der Waals surface area contributed by atoms with Gasteiger partial charge in [-0.15, -0.1) is 11.8 Å². The number of unbranched alkanes of at least 4 members (excludes halogenated alkanes) is 1. The van der Waals surface area contributed by atoms with Gasteiger partial charge in [0.15, 0.2) is 0 Å². The zero-order valence-electron chi connectivity index (χ0n) is 8.96. The van der Waals surface area contributed by atoms with Gasteiger partial charge < -0.3 is 4.90 Å². The van der Waals surface area contributed by atoms with Crippen molar-refractivity contribution in [1.82, 2.24) is 9.80 Å². The molecule has 0 aromatic heterocycles. The summed E-state index contributed by atoms with van der Waals surface area (Å²) in [5, 5.41) is 0. The second-order valence-electron chi connectivity index (χ2n) is 3.81. The molecule has 0 saturated carbocycles. The van der Waals surface area contributed by atoms with Crippen molar-refractivity contribution in [3.63, 3.8) is 0 Å². The second-order valence-corrected chi connectivity index (χ2v) is 4.89. The monoisotopic (exact) mass is 202 g/mol. The normalized spacial score (nSPS) is 20.8. The summed E-state index contributed by atoms with van der Waals surface area (Å²) in [5.41, 5.74) is 0. The quantitative estimate of drug-likeness (QED) is 0.627. The Hall–Kier alpha value is 0.270. The van der Waals surface area contributed by atoms with Crippen LogP contribution in [0.2, 0.25) is 0 Å². The third-order valence-corrected chi connectivity index (χ3v) is 3.64. The summed E-state index contributed by atoms with van der Waals surface area (Å²) in [7, 11) is 2.21. The fraction of sp³-hybridized carbons (Fsp3) is 1.00. The van der Waals surface area contributed by atoms with Crippen molar-refractivity contribution < 1.29 is 0 Å². The number of piperazine rings is 1. The lowest BCUT2D eigenvalue weighted by molar-refractivity contribution is 0.175. The highest BCUT2D eigenvalue weighted by molar-refractivity contribution is 7.99. The van der Waals surface area contributed by atoms with Gasteiger partial charge in [0.25, 0.3) is 0 Å². The van der Waals surface area contributed by atoms with Crippen LogP contribution in [0.4, 0.5) is 0 Å². The number of likely N-dealkylation sites (N-methyl/N-ethyl adjacent to an activating group) is 1. The minimum atomic E-state index is 1.24. The molecule has 1 fully saturated rings. The molecule has 3 heteroatoms. The van der Waals surface area contributed by atoms with E-state index in [0.29, 0.717) is 0 Å². The van der Waals surface area contributed by atoms with Gasteiger partial charge in [-0.05, 0) is 19.2 Å². The maximum Gasteiger partial charge on any atom is 0.0445 e. The van der Waals surface area contributed by atoms with Crippen LogP contribution >= 0.6 is 11.8 Å². The van der Waals surface area contributed by atoms with Crippen molar-refractivity contribution in [3.8, 4) is 0 Å². The van der Waals surface area contributed by atoms with Crippen LogP contribution in [0.15, 0.2) is 0 Å². The molecule has 0 aromatic rings. The van der Waals surface area contributed by atoms with E-state index in [1.54, 1.807) is 0 Å². The van der Waals surface area contributed by atoms with Gasteiger partial charge in [-0.2, -0.15) is 0 Å². The van der Waals surface area contributed by atoms with E-state index in [9.17, 15) is 0 Å². The van der Waals surface area contributed by atoms with Crippen LogP contribution in [0.5, 0.6) is 0 Å². The van der Waals surface area contributed by atoms with E-state index in [-0.39, 0.29) is 0 Å². The summed E-state index contributed by atoms with van der Waals surface area (Å²) in [6, 6.07) is 0. The summed E-state index contributed by atoms with van der Waals surface area (Å²) < 4.78 is 0. The molecule has 0 spiro atoms. The van der Waals surface area contributed by atoms with Crippen molar-refractivity contribution >= 4 is 11.8 Å². The van der Waals surface area contributed by atoms with Crippen LogP contribution in [0, 0.1) is 0 Å². The van der Waals surface area contributed by atoms with E-state index in [0.717, 1.165) is 0 Å². The molecule has 1 aliphatic rings. The molecule has 0 aliphatic carbocycles. The zero-order chi connectivity index (χ0) is 9.52. The van der Waals surface area contributed by atoms with Crippen LogP contribution < -0.4 is 0 Å². The Balaban J connectivity index is 1.96. The summed E-state index contributed by atoms with van der Waals surface area (Å²) in [5.74, 6) is 2.58. The average molecular weight is 202 g/mol. The maximum atomic E-state index is 2.57. The SMILES string of the molecule is CCCCSCN1CCN(C)CC1. The van der Waals surface area contributed by atoms with Crippen molar-refractivity contribution in [1.29, 1.82) is 0 Å². The molecule has 0 aromatic carbocycles. The topological polar surface area (TPSA) is 6.48 Å². The lowest BCUT2D eigenvalue weighted by Gasteiger charge is -2.31. The minimum Gasteiger partial charge on any atom is -0.304 e. The standard InChI is InChI=1S/C10H22N2S/c1-3-4-9-13-10-12-7-5-11(2)6-8-12/h3-10H2,1-2H3. The molecule has 1 heterocycles. The Labute approximate surface area is 86.7 Å². The summed E-state index contributed by atoms with van der Waals surface area (Å²) in [6.45, 7) is 7.27. The van der Waals surface area contributed by atoms with E-state index in [4.69, 9.17) is 0 Å². The fourth-order valence-corrected chi connectivity index (χ4v) is 2.56. The first-order valence-corrected chi connectivity index (χ1v) is 6.47. The van der Waals surface area contributed by atoms with Crippen LogP contribution in [-0.4, -0.2) is 54.7 Å². The van der Waals surface area contributed by atoms with E-state index >= 15 is 0 Å². The molecule has 0 N–H and O–H groups in total. The lowest BCUT2D eigenvalue weighted by atomic mass is 10.4. The van der Waals surface area contributed by atoms with Gasteiger partial charge >= 0.3 is 0 Å². The maximum absolute atomic E-state index is 2.57. The van der Waals surface area contributed by atoms with E-state index < -0.39 is 0 Å². The van der Waals surface area contributed by atoms with Crippen molar-refractivity contribution in [2.45, 2.75) is 19.8 Å². The molecule has 1 rings (SSSR count). The molecule has 0 amide bonds. The molecular formula is C10H22N2S. The van der Waals surface area contributed by atoms with Gasteiger partial charge in [0, 0.05) is 32.1 Å². The Morgan fingerprint density at radius 1 is 1.15 bits per heavy atom. The third kappa shape index (κ3) is 4.89. The molecule has 78 valence electrons. The van der Waals surface area contributed by atoms with Crippen LogP contribution in [0.25, 0.3) is 0 Å². The Bertz CT molecular complexity index is 122. The molecule has 13 heavy (non-hydrogen) atoms. The number of hydrogen-bond acceptors (Lipinski definition) is 3. The summed E-state index contributed by atoms with van der Waals surface area (Å²) in [6.07, 6.45) is 2.70. The molecule has 2 nitrogen and oxygen atoms in total. The van der Waals surface area contributed by atoms with Gasteiger partial charge in [0.1, 0.15) is 0 Å². The molecular weight excluding hydrogens is 180 g/mol. The summed E-state index contributed by atoms with van der Waals surface area (Å²) in [4.78, 5) is 4.98. The molecule has 1 saturated heterocycles. The number of nitrogens with zero attached hydrogens (tertiary/aromatic N) is 2. The Morgan fingerprint density at radius 3 is 2.46 bits per heavy atom. The van der Waals surface area contributed by atoms with Gasteiger partial charge in [-0.3, -0.25) is 4.90 Å². The van der Waals surface area contributed by atoms with Gasteiger partial charge in [-0.25, -0.2) is 0 Å². The predicted octanol–water partition coefficient (Wildman–Crippen LogP) is 1.72. The van der Waals surface area contributed by atoms with Gasteiger partial charge in [-0.1, -0.05) is 13.3 Å². The average Bonchev–Trinajstić information content (AvgIpc) is 2.15. The van der Waals surface area contributed by atoms with E-state index in [1.807, 2.05) is 0 Å². The van der Waals surface area contributed by atoms with Crippen molar-refractivity contribution in [2.75, 3.05) is 44.9 Å². The van der Waals surface area contributed by atoms with Crippen molar-refractivity contribution in [3.05, 3.63) is 0 Å². The molecule has 0 unspecified atom stereocenters. The van der Waals surface area contributed by atoms with Crippen molar-refractivity contribution in [2.24, 2.45) is 0 Å². The second kappa shape index (κ2) is 6.68. The molecule has 1 aliphatic heterocycles. The molecule has 0 atom stereocenters. The predicted molar refractivity (Wildman–Crippen MR) is 61.3 cm³/mol. The smallest absolute Gasteiger partial charge is 0.0445 e. The first-order chi connectivity index (χ1) is 6.33.